The molecule has 2 aliphatic rings. The molecule has 0 aromatic carbocycles. The lowest BCUT2D eigenvalue weighted by Crippen LogP contribution is -2.59. The highest BCUT2D eigenvalue weighted by atomic mass is 16.4. The van der Waals surface area contributed by atoms with Crippen LogP contribution in [-0.2, 0) is 9.59 Å². The number of nitrogens with one attached hydrogen (secondary N) is 1. The highest BCUT2D eigenvalue weighted by Crippen LogP contribution is 2.29. The number of nitrogens with zero attached hydrogens (tertiary/aromatic N) is 1. The molecule has 1 atom stereocenters. The maximum atomic E-state index is 11.8. The van der Waals surface area contributed by atoms with Crippen molar-refractivity contribution in [3.63, 3.8) is 0 Å². The number of hydrogen-bond donors (Lipinski definition) is 2. The summed E-state index contributed by atoms with van der Waals surface area (Å²) in [6.07, 6.45) is 4.46. The van der Waals surface area contributed by atoms with Crippen LogP contribution in [0.3, 0.4) is 0 Å². The van der Waals surface area contributed by atoms with Gasteiger partial charge in [-0.2, -0.15) is 0 Å². The second-order valence-electron chi connectivity index (χ2n) is 5.56. The van der Waals surface area contributed by atoms with E-state index in [0.29, 0.717) is 12.6 Å². The second kappa shape index (κ2) is 5.69. The first kappa shape index (κ1) is 13.3. The number of aliphatic carboxylic acids is 1. The van der Waals surface area contributed by atoms with Crippen molar-refractivity contribution in [1.82, 2.24) is 10.2 Å². The molecule has 0 aromatic heterocycles. The standard InChI is InChI=1S/C13H22N2O3/c1-9-2-4-10(5-3-9)15-7-6-14-13(18)11(15)8-12(16)17/h9-11H,2-8H2,1H3,(H,14,18)(H,16,17). The molecule has 2 fully saturated rings. The Balaban J connectivity index is 2.03. The SMILES string of the molecule is CC1CCC(N2CCNC(=O)C2CC(=O)O)CC1. The molecule has 1 saturated carbocycles. The minimum Gasteiger partial charge on any atom is -0.481 e. The fourth-order valence-electron chi connectivity index (χ4n) is 3.12. The number of carboxylic acid groups (broad SMARTS) is 1. The Morgan fingerprint density at radius 2 is 2.06 bits per heavy atom. The van der Waals surface area contributed by atoms with Gasteiger partial charge in [0.05, 0.1) is 12.5 Å². The predicted octanol–water partition coefficient (Wildman–Crippen LogP) is 0.840. The third-order valence-electron chi connectivity index (χ3n) is 4.19. The molecule has 0 radical (unpaired) electrons. The number of carbonyl (C=O) groups excluding carboxylic acids is 1. The van der Waals surface area contributed by atoms with E-state index in [1.54, 1.807) is 0 Å². The van der Waals surface area contributed by atoms with E-state index in [4.69, 9.17) is 5.11 Å². The normalized spacial score (nSPS) is 34.1. The van der Waals surface area contributed by atoms with Gasteiger partial charge in [0, 0.05) is 19.1 Å². The molecule has 5 nitrogen and oxygen atoms in total. The van der Waals surface area contributed by atoms with Crippen molar-refractivity contribution in [2.45, 2.75) is 51.1 Å². The number of piperazine rings is 1. The van der Waals surface area contributed by atoms with Gasteiger partial charge < -0.3 is 10.4 Å². The summed E-state index contributed by atoms with van der Waals surface area (Å²) in [5, 5.41) is 11.7. The summed E-state index contributed by atoms with van der Waals surface area (Å²) in [7, 11) is 0. The Morgan fingerprint density at radius 1 is 1.39 bits per heavy atom. The summed E-state index contributed by atoms with van der Waals surface area (Å²) >= 11 is 0. The number of carboxylic acids is 1. The third-order valence-corrected chi connectivity index (χ3v) is 4.19. The summed E-state index contributed by atoms with van der Waals surface area (Å²) in [6, 6.07) is -0.0914. The van der Waals surface area contributed by atoms with Crippen molar-refractivity contribution in [3.05, 3.63) is 0 Å². The van der Waals surface area contributed by atoms with Crippen LogP contribution in [0.25, 0.3) is 0 Å². The molecule has 0 bridgehead atoms. The molecule has 1 aliphatic carbocycles. The van der Waals surface area contributed by atoms with Crippen molar-refractivity contribution in [2.24, 2.45) is 5.92 Å². The maximum absolute atomic E-state index is 11.8. The predicted molar refractivity (Wildman–Crippen MR) is 67.2 cm³/mol. The lowest BCUT2D eigenvalue weighted by atomic mass is 9.85. The zero-order valence-corrected chi connectivity index (χ0v) is 10.9. The van der Waals surface area contributed by atoms with E-state index in [1.807, 2.05) is 0 Å². The van der Waals surface area contributed by atoms with E-state index in [0.717, 1.165) is 25.3 Å². The summed E-state index contributed by atoms with van der Waals surface area (Å²) < 4.78 is 0. The van der Waals surface area contributed by atoms with Gasteiger partial charge in [-0.05, 0) is 31.6 Å². The minimum absolute atomic E-state index is 0.0854. The Bertz CT molecular complexity index is 324. The first-order valence-electron chi connectivity index (χ1n) is 6.83. The van der Waals surface area contributed by atoms with Gasteiger partial charge in [0.15, 0.2) is 0 Å². The van der Waals surface area contributed by atoms with Crippen LogP contribution in [0.5, 0.6) is 0 Å². The third kappa shape index (κ3) is 3.02. The zero-order chi connectivity index (χ0) is 13.1. The van der Waals surface area contributed by atoms with Crippen LogP contribution in [0.2, 0.25) is 0 Å². The summed E-state index contributed by atoms with van der Waals surface area (Å²) in [5.74, 6) is -0.258. The molecule has 102 valence electrons. The van der Waals surface area contributed by atoms with E-state index in [1.165, 1.54) is 12.8 Å². The van der Waals surface area contributed by atoms with E-state index >= 15 is 0 Å². The van der Waals surface area contributed by atoms with Crippen LogP contribution in [-0.4, -0.2) is 47.1 Å². The molecule has 2 rings (SSSR count). The summed E-state index contributed by atoms with van der Waals surface area (Å²) in [5.41, 5.74) is 0. The van der Waals surface area contributed by atoms with E-state index < -0.39 is 12.0 Å². The molecule has 1 aliphatic heterocycles. The molecule has 1 saturated heterocycles. The fourth-order valence-corrected chi connectivity index (χ4v) is 3.12. The number of rotatable bonds is 3. The van der Waals surface area contributed by atoms with Gasteiger partial charge in [-0.1, -0.05) is 6.92 Å². The molecule has 0 aromatic rings. The van der Waals surface area contributed by atoms with E-state index in [9.17, 15) is 9.59 Å². The average Bonchev–Trinajstić information content (AvgIpc) is 2.32. The van der Waals surface area contributed by atoms with Gasteiger partial charge in [-0.25, -0.2) is 0 Å². The largest absolute Gasteiger partial charge is 0.481 e. The Labute approximate surface area is 108 Å². The zero-order valence-electron chi connectivity index (χ0n) is 10.9. The Kier molecular flexibility index (Phi) is 4.22. The van der Waals surface area contributed by atoms with Crippen molar-refractivity contribution < 1.29 is 14.7 Å². The van der Waals surface area contributed by atoms with Crippen LogP contribution >= 0.6 is 0 Å². The maximum Gasteiger partial charge on any atom is 0.305 e. The smallest absolute Gasteiger partial charge is 0.305 e. The number of amides is 1. The highest BCUT2D eigenvalue weighted by molar-refractivity contribution is 5.86. The van der Waals surface area contributed by atoms with Crippen molar-refractivity contribution >= 4 is 11.9 Å². The monoisotopic (exact) mass is 254 g/mol. The molecular formula is C13H22N2O3. The second-order valence-corrected chi connectivity index (χ2v) is 5.56. The van der Waals surface area contributed by atoms with Crippen LogP contribution in [0, 0.1) is 5.92 Å². The first-order valence-corrected chi connectivity index (χ1v) is 6.83. The Hall–Kier alpha value is -1.10. The van der Waals surface area contributed by atoms with E-state index in [2.05, 4.69) is 17.1 Å². The van der Waals surface area contributed by atoms with Gasteiger partial charge >= 0.3 is 5.97 Å². The van der Waals surface area contributed by atoms with Crippen LogP contribution in [0.4, 0.5) is 0 Å². The first-order chi connectivity index (χ1) is 8.58. The molecule has 1 heterocycles. The summed E-state index contributed by atoms with van der Waals surface area (Å²) in [6.45, 7) is 3.68. The summed E-state index contributed by atoms with van der Waals surface area (Å²) in [4.78, 5) is 24.8. The van der Waals surface area contributed by atoms with Crippen molar-refractivity contribution in [3.8, 4) is 0 Å². The lowest BCUT2D eigenvalue weighted by Gasteiger charge is -2.42. The lowest BCUT2D eigenvalue weighted by molar-refractivity contribution is -0.144. The van der Waals surface area contributed by atoms with Crippen LogP contribution < -0.4 is 5.32 Å². The van der Waals surface area contributed by atoms with Gasteiger partial charge in [-0.15, -0.1) is 0 Å². The molecule has 5 heteroatoms. The Morgan fingerprint density at radius 3 is 2.67 bits per heavy atom. The molecule has 2 N–H and O–H groups in total. The fraction of sp³-hybridized carbons (Fsp3) is 0.846. The van der Waals surface area contributed by atoms with Crippen molar-refractivity contribution in [2.75, 3.05) is 13.1 Å². The number of carbonyl (C=O) groups is 2. The molecule has 18 heavy (non-hydrogen) atoms. The van der Waals surface area contributed by atoms with Gasteiger partial charge in [0.25, 0.3) is 0 Å². The molecule has 1 amide bonds. The number of hydrogen-bond acceptors (Lipinski definition) is 3. The average molecular weight is 254 g/mol. The topological polar surface area (TPSA) is 69.6 Å². The molecule has 1 unspecified atom stereocenters. The molecule has 0 spiro atoms. The molecular weight excluding hydrogens is 232 g/mol. The van der Waals surface area contributed by atoms with Gasteiger partial charge in [0.1, 0.15) is 0 Å². The van der Waals surface area contributed by atoms with Gasteiger partial charge in [-0.3, -0.25) is 14.5 Å². The minimum atomic E-state index is -0.897. The highest BCUT2D eigenvalue weighted by Gasteiger charge is 2.36. The van der Waals surface area contributed by atoms with Crippen LogP contribution in [0.1, 0.15) is 39.0 Å². The van der Waals surface area contributed by atoms with Crippen molar-refractivity contribution in [1.29, 1.82) is 0 Å². The van der Waals surface area contributed by atoms with E-state index in [-0.39, 0.29) is 12.3 Å². The quantitative estimate of drug-likeness (QED) is 0.783. The van der Waals surface area contributed by atoms with Gasteiger partial charge in [0.2, 0.25) is 5.91 Å². The van der Waals surface area contributed by atoms with Crippen LogP contribution in [0.15, 0.2) is 0 Å².